The highest BCUT2D eigenvalue weighted by Gasteiger charge is 2.31. The van der Waals surface area contributed by atoms with E-state index in [0.717, 1.165) is 40.9 Å². The average Bonchev–Trinajstić information content (AvgIpc) is 2.58. The van der Waals surface area contributed by atoms with Crippen LogP contribution in [0.25, 0.3) is 0 Å². The largest absolute Gasteiger partial charge is 0.573 e. The lowest BCUT2D eigenvalue weighted by atomic mass is 9.96. The van der Waals surface area contributed by atoms with E-state index in [-0.39, 0.29) is 36.6 Å². The smallest absolute Gasteiger partial charge is 0.406 e. The number of ether oxygens (including phenoxy) is 1. The van der Waals surface area contributed by atoms with Crippen LogP contribution in [0.15, 0.2) is 48.5 Å². The molecule has 1 aliphatic heterocycles. The zero-order valence-corrected chi connectivity index (χ0v) is 18.0. The topological polar surface area (TPSA) is 24.5 Å². The van der Waals surface area contributed by atoms with E-state index in [1.54, 1.807) is 12.1 Å². The van der Waals surface area contributed by atoms with Crippen LogP contribution in [0.1, 0.15) is 17.2 Å². The zero-order chi connectivity index (χ0) is 17.9. The first kappa shape index (κ1) is 24.3. The van der Waals surface area contributed by atoms with Gasteiger partial charge in [0.15, 0.2) is 0 Å². The van der Waals surface area contributed by atoms with E-state index >= 15 is 0 Å². The molecule has 0 saturated carbocycles. The van der Waals surface area contributed by atoms with Crippen LogP contribution in [-0.4, -0.2) is 37.4 Å². The number of hydrogen-bond acceptors (Lipinski definition) is 3. The summed E-state index contributed by atoms with van der Waals surface area (Å²) in [6, 6.07) is 14.3. The number of nitrogens with one attached hydrogen (secondary N) is 1. The lowest BCUT2D eigenvalue weighted by molar-refractivity contribution is -0.274. The predicted octanol–water partition coefficient (Wildman–Crippen LogP) is 5.03. The lowest BCUT2D eigenvalue weighted by Crippen LogP contribution is -2.45. The summed E-state index contributed by atoms with van der Waals surface area (Å²) in [5, 5.41) is 3.33. The minimum Gasteiger partial charge on any atom is -0.406 e. The Bertz CT molecular complexity index is 710. The first-order chi connectivity index (χ1) is 11.9. The third-order valence-electron chi connectivity index (χ3n) is 4.15. The van der Waals surface area contributed by atoms with Crippen LogP contribution in [0.3, 0.4) is 0 Å². The summed E-state index contributed by atoms with van der Waals surface area (Å²) in [7, 11) is 0. The number of piperazine rings is 1. The van der Waals surface area contributed by atoms with Crippen LogP contribution in [0.2, 0.25) is 0 Å². The number of halogens is 6. The van der Waals surface area contributed by atoms with E-state index in [0.29, 0.717) is 0 Å². The molecule has 27 heavy (non-hydrogen) atoms. The molecule has 1 fully saturated rings. The summed E-state index contributed by atoms with van der Waals surface area (Å²) in [5.41, 5.74) is 2.12. The van der Waals surface area contributed by atoms with Crippen molar-refractivity contribution in [2.75, 3.05) is 26.2 Å². The molecule has 0 bridgehead atoms. The Morgan fingerprint density at radius 3 is 2.11 bits per heavy atom. The van der Waals surface area contributed by atoms with Gasteiger partial charge >= 0.3 is 6.36 Å². The Hall–Kier alpha value is -0.740. The van der Waals surface area contributed by atoms with E-state index < -0.39 is 6.36 Å². The molecule has 1 saturated heterocycles. The van der Waals surface area contributed by atoms with Crippen LogP contribution >= 0.6 is 47.4 Å². The van der Waals surface area contributed by atoms with Gasteiger partial charge < -0.3 is 10.1 Å². The Labute approximate surface area is 182 Å². The second-order valence-corrected chi connectivity index (χ2v) is 6.99. The highest BCUT2D eigenvalue weighted by molar-refractivity contribution is 14.1. The fourth-order valence-electron chi connectivity index (χ4n) is 3.08. The van der Waals surface area contributed by atoms with E-state index in [4.69, 9.17) is 0 Å². The standard InChI is InChI=1S/C18H18F3IN2O.2ClH/c19-18(20,21)25-14-7-5-13(6-8-14)17(24-11-9-23-10-12-24)15-3-1-2-4-16(15)22;;/h1-8,17,23H,9-12H2;2*1H/t17-;;/m1../s1. The van der Waals surface area contributed by atoms with Crippen LogP contribution in [0.4, 0.5) is 13.2 Å². The fraction of sp³-hybridized carbons (Fsp3) is 0.333. The molecule has 0 spiro atoms. The van der Waals surface area contributed by atoms with Gasteiger partial charge in [0.25, 0.3) is 0 Å². The number of alkyl halides is 3. The Balaban J connectivity index is 0.00000182. The van der Waals surface area contributed by atoms with Crippen molar-refractivity contribution >= 4 is 47.4 Å². The monoisotopic (exact) mass is 534 g/mol. The summed E-state index contributed by atoms with van der Waals surface area (Å²) in [6.07, 6.45) is -4.67. The molecule has 0 aromatic heterocycles. The van der Waals surface area contributed by atoms with Crippen molar-refractivity contribution in [1.29, 1.82) is 0 Å². The second-order valence-electron chi connectivity index (χ2n) is 5.83. The first-order valence-corrected chi connectivity index (χ1v) is 9.07. The summed E-state index contributed by atoms with van der Waals surface area (Å²) >= 11 is 2.31. The summed E-state index contributed by atoms with van der Waals surface area (Å²) in [6.45, 7) is 3.57. The summed E-state index contributed by atoms with van der Waals surface area (Å²) < 4.78 is 42.2. The van der Waals surface area contributed by atoms with Gasteiger partial charge in [-0.3, -0.25) is 4.90 Å². The van der Waals surface area contributed by atoms with Crippen molar-refractivity contribution in [2.24, 2.45) is 0 Å². The molecule has 1 atom stereocenters. The van der Waals surface area contributed by atoms with Gasteiger partial charge in [-0.05, 0) is 51.9 Å². The molecule has 3 nitrogen and oxygen atoms in total. The molecule has 0 aliphatic carbocycles. The van der Waals surface area contributed by atoms with Crippen molar-refractivity contribution in [1.82, 2.24) is 10.2 Å². The summed E-state index contributed by atoms with van der Waals surface area (Å²) in [5.74, 6) is -0.196. The molecule has 2 aromatic carbocycles. The molecule has 1 N–H and O–H groups in total. The van der Waals surface area contributed by atoms with Crippen LogP contribution in [0.5, 0.6) is 5.75 Å². The van der Waals surface area contributed by atoms with E-state index in [1.165, 1.54) is 12.1 Å². The van der Waals surface area contributed by atoms with Gasteiger partial charge in [-0.15, -0.1) is 38.0 Å². The molecule has 2 aromatic rings. The molecule has 9 heteroatoms. The second kappa shape index (κ2) is 10.7. The number of nitrogens with zero attached hydrogens (tertiary/aromatic N) is 1. The van der Waals surface area contributed by atoms with Gasteiger partial charge in [0.2, 0.25) is 0 Å². The SMILES string of the molecule is Cl.Cl.FC(F)(F)Oc1ccc([C@H](c2ccccc2I)N2CCNCC2)cc1. The Kier molecular flexibility index (Phi) is 9.64. The molecule has 3 rings (SSSR count). The van der Waals surface area contributed by atoms with Crippen LogP contribution in [-0.2, 0) is 0 Å². The van der Waals surface area contributed by atoms with Gasteiger partial charge in [0.05, 0.1) is 6.04 Å². The molecule has 0 radical (unpaired) electrons. The Morgan fingerprint density at radius 2 is 1.56 bits per heavy atom. The maximum absolute atomic E-state index is 12.4. The van der Waals surface area contributed by atoms with E-state index in [9.17, 15) is 13.2 Å². The van der Waals surface area contributed by atoms with E-state index in [2.05, 4.69) is 43.6 Å². The van der Waals surface area contributed by atoms with Gasteiger partial charge in [-0.25, -0.2) is 0 Å². The molecule has 0 unspecified atom stereocenters. The van der Waals surface area contributed by atoms with Crippen molar-refractivity contribution < 1.29 is 17.9 Å². The van der Waals surface area contributed by atoms with Gasteiger partial charge in [0.1, 0.15) is 5.75 Å². The van der Waals surface area contributed by atoms with Crippen molar-refractivity contribution in [2.45, 2.75) is 12.4 Å². The highest BCUT2D eigenvalue weighted by Crippen LogP contribution is 2.33. The minimum absolute atomic E-state index is 0. The van der Waals surface area contributed by atoms with Gasteiger partial charge in [0, 0.05) is 29.7 Å². The number of rotatable bonds is 4. The molecule has 1 heterocycles. The van der Waals surface area contributed by atoms with Gasteiger partial charge in [-0.2, -0.15) is 0 Å². The third kappa shape index (κ3) is 6.67. The normalized spacial score (nSPS) is 16.0. The summed E-state index contributed by atoms with van der Waals surface area (Å²) in [4.78, 5) is 2.35. The average molecular weight is 535 g/mol. The lowest BCUT2D eigenvalue weighted by Gasteiger charge is -2.36. The van der Waals surface area contributed by atoms with Crippen molar-refractivity contribution in [3.63, 3.8) is 0 Å². The Morgan fingerprint density at radius 1 is 0.963 bits per heavy atom. The predicted molar refractivity (Wildman–Crippen MR) is 113 cm³/mol. The fourth-order valence-corrected chi connectivity index (χ4v) is 3.76. The third-order valence-corrected chi connectivity index (χ3v) is 5.13. The maximum atomic E-state index is 12.4. The molecular formula is C18H20Cl2F3IN2O. The molecular weight excluding hydrogens is 515 g/mol. The van der Waals surface area contributed by atoms with Crippen LogP contribution < -0.4 is 10.1 Å². The minimum atomic E-state index is -4.67. The molecule has 150 valence electrons. The maximum Gasteiger partial charge on any atom is 0.573 e. The molecule has 1 aliphatic rings. The van der Waals surface area contributed by atoms with Crippen molar-refractivity contribution in [3.8, 4) is 5.75 Å². The van der Waals surface area contributed by atoms with E-state index in [1.807, 2.05) is 18.2 Å². The highest BCUT2D eigenvalue weighted by atomic mass is 127. The van der Waals surface area contributed by atoms with Crippen LogP contribution in [0, 0.1) is 3.57 Å². The van der Waals surface area contributed by atoms with Gasteiger partial charge in [-0.1, -0.05) is 30.3 Å². The first-order valence-electron chi connectivity index (χ1n) is 7.99. The molecule has 0 amide bonds. The number of benzene rings is 2. The zero-order valence-electron chi connectivity index (χ0n) is 14.2. The quantitative estimate of drug-likeness (QED) is 0.557. The number of hydrogen-bond donors (Lipinski definition) is 1. The van der Waals surface area contributed by atoms with Crippen molar-refractivity contribution in [3.05, 3.63) is 63.2 Å².